The summed E-state index contributed by atoms with van der Waals surface area (Å²) < 4.78 is 0. The first-order chi connectivity index (χ1) is 11.1. The summed E-state index contributed by atoms with van der Waals surface area (Å²) in [5.74, 6) is 0.715. The maximum Gasteiger partial charge on any atom is 0.231 e. The summed E-state index contributed by atoms with van der Waals surface area (Å²) in [7, 11) is 0. The first-order valence-electron chi connectivity index (χ1n) is 8.07. The van der Waals surface area contributed by atoms with Gasteiger partial charge in [-0.15, -0.1) is 22.7 Å². The highest BCUT2D eigenvalue weighted by molar-refractivity contribution is 7.10. The number of rotatable bonds is 6. The predicted octanol–water partition coefficient (Wildman–Crippen LogP) is 3.25. The Morgan fingerprint density at radius 2 is 2.39 bits per heavy atom. The summed E-state index contributed by atoms with van der Waals surface area (Å²) in [6, 6.07) is 4.07. The molecule has 1 saturated heterocycles. The molecule has 124 valence electrons. The van der Waals surface area contributed by atoms with Crippen LogP contribution in [0.3, 0.4) is 0 Å². The Hall–Kier alpha value is -1.24. The van der Waals surface area contributed by atoms with E-state index in [0.29, 0.717) is 12.5 Å². The molecule has 1 fully saturated rings. The first kappa shape index (κ1) is 16.6. The van der Waals surface area contributed by atoms with E-state index in [2.05, 4.69) is 16.4 Å². The number of aromatic nitrogens is 1. The van der Waals surface area contributed by atoms with Crippen molar-refractivity contribution in [3.63, 3.8) is 0 Å². The molecule has 23 heavy (non-hydrogen) atoms. The van der Waals surface area contributed by atoms with Gasteiger partial charge in [-0.25, -0.2) is 4.98 Å². The van der Waals surface area contributed by atoms with E-state index in [1.54, 1.807) is 22.7 Å². The van der Waals surface area contributed by atoms with Crippen molar-refractivity contribution in [1.82, 2.24) is 15.2 Å². The number of hydrogen-bond donors (Lipinski definition) is 1. The Morgan fingerprint density at radius 3 is 3.00 bits per heavy atom. The van der Waals surface area contributed by atoms with Crippen LogP contribution in [0.1, 0.15) is 34.7 Å². The van der Waals surface area contributed by atoms with E-state index < -0.39 is 0 Å². The number of aryl methyl sites for hydroxylation is 1. The Labute approximate surface area is 145 Å². The minimum Gasteiger partial charge on any atom is -0.337 e. The lowest BCUT2D eigenvalue weighted by Gasteiger charge is -2.27. The number of amides is 1. The number of carbonyl (C=O) groups excluding carboxylic acids is 1. The molecule has 0 radical (unpaired) electrons. The Balaban J connectivity index is 1.75. The Kier molecular flexibility index (Phi) is 5.46. The van der Waals surface area contributed by atoms with Crippen molar-refractivity contribution in [3.05, 3.63) is 38.5 Å². The van der Waals surface area contributed by atoms with Crippen molar-refractivity contribution in [2.24, 2.45) is 5.92 Å². The number of nitrogens with zero attached hydrogens (tertiary/aromatic N) is 2. The van der Waals surface area contributed by atoms with Crippen LogP contribution >= 0.6 is 22.7 Å². The van der Waals surface area contributed by atoms with Gasteiger partial charge in [0.05, 0.1) is 23.7 Å². The molecular weight excluding hydrogens is 326 g/mol. The first-order valence-corrected chi connectivity index (χ1v) is 9.83. The molecule has 2 aromatic heterocycles. The van der Waals surface area contributed by atoms with E-state index in [9.17, 15) is 4.79 Å². The van der Waals surface area contributed by atoms with Crippen molar-refractivity contribution in [1.29, 1.82) is 0 Å². The fourth-order valence-electron chi connectivity index (χ4n) is 3.00. The van der Waals surface area contributed by atoms with E-state index in [4.69, 9.17) is 0 Å². The molecule has 2 atom stereocenters. The van der Waals surface area contributed by atoms with Gasteiger partial charge in [-0.05, 0) is 50.7 Å². The number of thiazole rings is 1. The van der Waals surface area contributed by atoms with Gasteiger partial charge in [0.2, 0.25) is 5.91 Å². The summed E-state index contributed by atoms with van der Waals surface area (Å²) in [6.07, 6.45) is 1.15. The van der Waals surface area contributed by atoms with Gasteiger partial charge < -0.3 is 10.2 Å². The molecule has 1 aliphatic rings. The number of hydrogen-bond acceptors (Lipinski definition) is 5. The van der Waals surface area contributed by atoms with Crippen molar-refractivity contribution < 1.29 is 4.79 Å². The van der Waals surface area contributed by atoms with Crippen LogP contribution in [0.5, 0.6) is 0 Å². The molecular formula is C17H23N3OS2. The minimum absolute atomic E-state index is 0.0717. The van der Waals surface area contributed by atoms with Gasteiger partial charge in [0.1, 0.15) is 0 Å². The molecule has 0 aromatic carbocycles. The lowest BCUT2D eigenvalue weighted by atomic mass is 10.0. The second-order valence-electron chi connectivity index (χ2n) is 6.18. The average molecular weight is 350 g/mol. The zero-order valence-corrected chi connectivity index (χ0v) is 15.3. The molecule has 0 saturated carbocycles. The smallest absolute Gasteiger partial charge is 0.231 e. The van der Waals surface area contributed by atoms with Crippen LogP contribution in [0, 0.1) is 12.8 Å². The standard InChI is InChI=1S/C17H23N3OS2/c1-12(15-4-3-7-22-15)17(21)20(9-14-5-6-18-8-14)10-16-13(2)19-11-23-16/h3-4,7,11-12,14,18H,5-6,8-10H2,1-2H3/t12-,14-/m0/s1. The van der Waals surface area contributed by atoms with E-state index in [-0.39, 0.29) is 11.8 Å². The molecule has 6 heteroatoms. The molecule has 3 rings (SSSR count). The van der Waals surface area contributed by atoms with Crippen molar-refractivity contribution in [2.45, 2.75) is 32.7 Å². The van der Waals surface area contributed by atoms with E-state index >= 15 is 0 Å². The Bertz CT molecular complexity index is 632. The zero-order chi connectivity index (χ0) is 16.2. The number of thiophene rings is 1. The third kappa shape index (κ3) is 4.00. The molecule has 1 N–H and O–H groups in total. The molecule has 0 spiro atoms. The highest BCUT2D eigenvalue weighted by Crippen LogP contribution is 2.26. The van der Waals surface area contributed by atoms with Crippen LogP contribution in [0.25, 0.3) is 0 Å². The summed E-state index contributed by atoms with van der Waals surface area (Å²) in [4.78, 5) is 21.8. The van der Waals surface area contributed by atoms with Gasteiger partial charge >= 0.3 is 0 Å². The van der Waals surface area contributed by atoms with E-state index in [1.165, 1.54) is 4.88 Å². The van der Waals surface area contributed by atoms with Gasteiger partial charge in [-0.1, -0.05) is 6.07 Å². The Morgan fingerprint density at radius 1 is 1.52 bits per heavy atom. The second kappa shape index (κ2) is 7.55. The third-order valence-corrected chi connectivity index (χ3v) is 6.45. The minimum atomic E-state index is -0.0717. The number of nitrogens with one attached hydrogen (secondary N) is 1. The molecule has 1 amide bonds. The molecule has 1 aliphatic heterocycles. The van der Waals surface area contributed by atoms with Gasteiger partial charge in [0.15, 0.2) is 0 Å². The zero-order valence-electron chi connectivity index (χ0n) is 13.6. The molecule has 3 heterocycles. The maximum atomic E-state index is 13.1. The summed E-state index contributed by atoms with van der Waals surface area (Å²) >= 11 is 3.31. The molecule has 0 unspecified atom stereocenters. The SMILES string of the molecule is Cc1ncsc1CN(C[C@H]1CCNC1)C(=O)[C@@H](C)c1cccs1. The van der Waals surface area contributed by atoms with Crippen LogP contribution in [-0.2, 0) is 11.3 Å². The largest absolute Gasteiger partial charge is 0.337 e. The van der Waals surface area contributed by atoms with E-state index in [0.717, 1.165) is 36.6 Å². The van der Waals surface area contributed by atoms with Crippen LogP contribution in [-0.4, -0.2) is 35.4 Å². The molecule has 0 bridgehead atoms. The van der Waals surface area contributed by atoms with Gasteiger partial charge in [-0.2, -0.15) is 0 Å². The quantitative estimate of drug-likeness (QED) is 0.871. The van der Waals surface area contributed by atoms with Crippen molar-refractivity contribution in [2.75, 3.05) is 19.6 Å². The molecule has 0 aliphatic carbocycles. The second-order valence-corrected chi connectivity index (χ2v) is 8.09. The topological polar surface area (TPSA) is 45.2 Å². The fraction of sp³-hybridized carbons (Fsp3) is 0.529. The van der Waals surface area contributed by atoms with Crippen molar-refractivity contribution in [3.8, 4) is 0 Å². The van der Waals surface area contributed by atoms with Gasteiger partial charge in [-0.3, -0.25) is 4.79 Å². The average Bonchev–Trinajstić information content (AvgIpc) is 3.28. The van der Waals surface area contributed by atoms with E-state index in [1.807, 2.05) is 35.7 Å². The monoisotopic (exact) mass is 349 g/mol. The summed E-state index contributed by atoms with van der Waals surface area (Å²) in [6.45, 7) is 7.63. The van der Waals surface area contributed by atoms with Gasteiger partial charge in [0.25, 0.3) is 0 Å². The normalized spacial score (nSPS) is 19.0. The van der Waals surface area contributed by atoms with Crippen LogP contribution in [0.4, 0.5) is 0 Å². The van der Waals surface area contributed by atoms with Crippen LogP contribution < -0.4 is 5.32 Å². The van der Waals surface area contributed by atoms with Gasteiger partial charge in [0, 0.05) is 16.3 Å². The lowest BCUT2D eigenvalue weighted by molar-refractivity contribution is -0.133. The summed E-state index contributed by atoms with van der Waals surface area (Å²) in [5.41, 5.74) is 2.91. The highest BCUT2D eigenvalue weighted by Gasteiger charge is 2.27. The van der Waals surface area contributed by atoms with Crippen molar-refractivity contribution >= 4 is 28.6 Å². The third-order valence-electron chi connectivity index (χ3n) is 4.47. The lowest BCUT2D eigenvalue weighted by Crippen LogP contribution is -2.37. The number of carbonyl (C=O) groups is 1. The van der Waals surface area contributed by atoms with Crippen LogP contribution in [0.2, 0.25) is 0 Å². The summed E-state index contributed by atoms with van der Waals surface area (Å²) in [5, 5.41) is 5.44. The fourth-order valence-corrected chi connectivity index (χ4v) is 4.57. The predicted molar refractivity (Wildman–Crippen MR) is 96.0 cm³/mol. The maximum absolute atomic E-state index is 13.1. The molecule has 2 aromatic rings. The van der Waals surface area contributed by atoms with Crippen LogP contribution in [0.15, 0.2) is 23.0 Å². The molecule has 4 nitrogen and oxygen atoms in total. The highest BCUT2D eigenvalue weighted by atomic mass is 32.1.